The molecule has 206 valence electrons. The molecule has 3 saturated heterocycles. The van der Waals surface area contributed by atoms with Crippen molar-refractivity contribution in [3.8, 4) is 0 Å². The lowest BCUT2D eigenvalue weighted by Gasteiger charge is -2.25. The van der Waals surface area contributed by atoms with Gasteiger partial charge in [0.05, 0.1) is 19.3 Å². The Hall–Kier alpha value is -3.12. The molecule has 3 aliphatic rings. The summed E-state index contributed by atoms with van der Waals surface area (Å²) in [5.41, 5.74) is 0.311. The number of likely N-dealkylation sites (tertiary alicyclic amines) is 2. The third kappa shape index (κ3) is 5.96. The number of hydrogen-bond acceptors (Lipinski definition) is 7. The Morgan fingerprint density at radius 1 is 1.16 bits per heavy atom. The van der Waals surface area contributed by atoms with Crippen molar-refractivity contribution in [2.75, 3.05) is 45.9 Å². The van der Waals surface area contributed by atoms with Crippen LogP contribution in [0.5, 0.6) is 0 Å². The molecule has 4 atom stereocenters. The molecule has 3 unspecified atom stereocenters. The fourth-order valence-corrected chi connectivity index (χ4v) is 5.61. The molecule has 4 heterocycles. The summed E-state index contributed by atoms with van der Waals surface area (Å²) in [6.45, 7) is 5.21. The van der Waals surface area contributed by atoms with E-state index in [1.165, 1.54) is 11.8 Å². The van der Waals surface area contributed by atoms with Gasteiger partial charge in [-0.15, -0.1) is 0 Å². The number of nitrogens with one attached hydrogen (secondary N) is 1. The molecular formula is C26H31F3N4O5. The molecule has 0 bridgehead atoms. The summed E-state index contributed by atoms with van der Waals surface area (Å²) in [6, 6.07) is 9.46. The van der Waals surface area contributed by atoms with Gasteiger partial charge in [-0.25, -0.2) is 9.78 Å². The number of carbonyl (C=O) groups excluding carboxylic acids is 2. The number of fused-ring (bicyclic) bond motifs is 1. The minimum Gasteiger partial charge on any atom is -0.444 e. The fourth-order valence-electron chi connectivity index (χ4n) is 5.61. The molecule has 2 aromatic rings. The zero-order valence-corrected chi connectivity index (χ0v) is 21.1. The second kappa shape index (κ2) is 10.9. The first-order valence-corrected chi connectivity index (χ1v) is 12.8. The minimum absolute atomic E-state index is 0.164. The maximum absolute atomic E-state index is 13.3. The first kappa shape index (κ1) is 26.5. The smallest absolute Gasteiger partial charge is 0.444 e. The van der Waals surface area contributed by atoms with E-state index in [4.69, 9.17) is 9.47 Å². The molecule has 9 nitrogen and oxygen atoms in total. The average molecular weight is 537 g/mol. The topological polar surface area (TPSA) is 97.1 Å². The van der Waals surface area contributed by atoms with Crippen LogP contribution in [0.1, 0.15) is 46.6 Å². The van der Waals surface area contributed by atoms with Crippen LogP contribution in [0.25, 0.3) is 0 Å². The maximum Gasteiger partial charge on any atom is 0.452 e. The zero-order chi connectivity index (χ0) is 26.9. The number of oxazole rings is 1. The van der Waals surface area contributed by atoms with Crippen molar-refractivity contribution in [2.45, 2.75) is 38.1 Å². The number of halogens is 3. The van der Waals surface area contributed by atoms with Crippen LogP contribution in [0.4, 0.5) is 18.0 Å². The maximum atomic E-state index is 13.3. The molecule has 5 rings (SSSR count). The van der Waals surface area contributed by atoms with Gasteiger partial charge < -0.3 is 29.0 Å². The normalized spacial score (nSPS) is 24.4. The lowest BCUT2D eigenvalue weighted by molar-refractivity contribution is -0.153. The number of amides is 2. The van der Waals surface area contributed by atoms with Gasteiger partial charge in [-0.3, -0.25) is 4.79 Å². The monoisotopic (exact) mass is 536 g/mol. The van der Waals surface area contributed by atoms with Gasteiger partial charge >= 0.3 is 12.3 Å². The standard InChI is InChI=1S/C26H31F3N4O5/c1-16-30-22(23(37-16)26(27,28)29)24(34)33-13-18-11-32(12-19(18)14-33)9-7-21(17-5-3-2-4-6-17)31-25(35)38-20-8-10-36-15-20/h2-6,18-21H,7-15H2,1H3,(H,31,35)/t18-,19?,20?,21?/m0/s1. The summed E-state index contributed by atoms with van der Waals surface area (Å²) in [4.78, 5) is 32.9. The van der Waals surface area contributed by atoms with Gasteiger partial charge in [0, 0.05) is 46.1 Å². The second-order valence-corrected chi connectivity index (χ2v) is 10.2. The fraction of sp³-hybridized carbons (Fsp3) is 0.577. The van der Waals surface area contributed by atoms with Crippen molar-refractivity contribution in [1.29, 1.82) is 0 Å². The van der Waals surface area contributed by atoms with Crippen molar-refractivity contribution < 1.29 is 36.7 Å². The van der Waals surface area contributed by atoms with Crippen LogP contribution in [0.15, 0.2) is 34.7 Å². The Morgan fingerprint density at radius 2 is 1.87 bits per heavy atom. The number of rotatable bonds is 7. The molecule has 3 fully saturated rings. The van der Waals surface area contributed by atoms with E-state index in [9.17, 15) is 22.8 Å². The summed E-state index contributed by atoms with van der Waals surface area (Å²) in [6.07, 6.45) is -4.13. The molecule has 0 spiro atoms. The first-order chi connectivity index (χ1) is 18.2. The van der Waals surface area contributed by atoms with E-state index >= 15 is 0 Å². The summed E-state index contributed by atoms with van der Waals surface area (Å²) in [7, 11) is 0. The van der Waals surface area contributed by atoms with Crippen molar-refractivity contribution >= 4 is 12.0 Å². The highest BCUT2D eigenvalue weighted by Crippen LogP contribution is 2.36. The van der Waals surface area contributed by atoms with Crippen molar-refractivity contribution in [2.24, 2.45) is 11.8 Å². The van der Waals surface area contributed by atoms with E-state index < -0.39 is 29.6 Å². The summed E-state index contributed by atoms with van der Waals surface area (Å²) in [5.74, 6) is -1.94. The number of alkyl halides is 3. The number of aryl methyl sites for hydroxylation is 1. The molecule has 0 aliphatic carbocycles. The predicted molar refractivity (Wildman–Crippen MR) is 128 cm³/mol. The Bertz CT molecular complexity index is 1120. The van der Waals surface area contributed by atoms with Gasteiger partial charge in [0.25, 0.3) is 5.91 Å². The van der Waals surface area contributed by atoms with Gasteiger partial charge in [0.1, 0.15) is 6.10 Å². The highest BCUT2D eigenvalue weighted by Gasteiger charge is 2.46. The van der Waals surface area contributed by atoms with Crippen LogP contribution < -0.4 is 5.32 Å². The summed E-state index contributed by atoms with van der Waals surface area (Å²) >= 11 is 0. The molecule has 3 aliphatic heterocycles. The molecule has 0 saturated carbocycles. The minimum atomic E-state index is -4.78. The van der Waals surface area contributed by atoms with E-state index in [0.717, 1.165) is 18.7 Å². The lowest BCUT2D eigenvalue weighted by Crippen LogP contribution is -2.36. The Kier molecular flexibility index (Phi) is 7.62. The number of aromatic nitrogens is 1. The van der Waals surface area contributed by atoms with Gasteiger partial charge in [-0.2, -0.15) is 13.2 Å². The summed E-state index contributed by atoms with van der Waals surface area (Å²) < 4.78 is 55.3. The largest absolute Gasteiger partial charge is 0.452 e. The van der Waals surface area contributed by atoms with E-state index in [1.54, 1.807) is 0 Å². The van der Waals surface area contributed by atoms with Gasteiger partial charge in [0.15, 0.2) is 11.6 Å². The van der Waals surface area contributed by atoms with Crippen molar-refractivity contribution in [3.05, 3.63) is 53.2 Å². The van der Waals surface area contributed by atoms with Crippen LogP contribution in [0.3, 0.4) is 0 Å². The van der Waals surface area contributed by atoms with E-state index in [0.29, 0.717) is 45.7 Å². The van der Waals surface area contributed by atoms with Gasteiger partial charge in [-0.05, 0) is 23.8 Å². The molecule has 2 amide bonds. The molecule has 38 heavy (non-hydrogen) atoms. The van der Waals surface area contributed by atoms with Crippen LogP contribution >= 0.6 is 0 Å². The zero-order valence-electron chi connectivity index (χ0n) is 21.1. The first-order valence-electron chi connectivity index (χ1n) is 12.8. The summed E-state index contributed by atoms with van der Waals surface area (Å²) in [5, 5.41) is 2.99. The van der Waals surface area contributed by atoms with E-state index in [1.807, 2.05) is 30.3 Å². The van der Waals surface area contributed by atoms with Crippen LogP contribution in [0, 0.1) is 18.8 Å². The number of carbonyl (C=O) groups is 2. The quantitative estimate of drug-likeness (QED) is 0.577. The lowest BCUT2D eigenvalue weighted by atomic mass is 10.0. The molecule has 0 radical (unpaired) electrons. The highest BCUT2D eigenvalue weighted by atomic mass is 19.4. The van der Waals surface area contributed by atoms with Crippen molar-refractivity contribution in [1.82, 2.24) is 20.1 Å². The molecular weight excluding hydrogens is 505 g/mol. The molecule has 1 aromatic carbocycles. The van der Waals surface area contributed by atoms with E-state index in [2.05, 4.69) is 19.6 Å². The van der Waals surface area contributed by atoms with Crippen LogP contribution in [-0.4, -0.2) is 78.8 Å². The van der Waals surface area contributed by atoms with Crippen molar-refractivity contribution in [3.63, 3.8) is 0 Å². The molecule has 1 aromatic heterocycles. The van der Waals surface area contributed by atoms with E-state index in [-0.39, 0.29) is 29.9 Å². The Labute approximate surface area is 218 Å². The molecule has 1 N–H and O–H groups in total. The Morgan fingerprint density at radius 3 is 2.50 bits per heavy atom. The third-order valence-corrected chi connectivity index (χ3v) is 7.43. The van der Waals surface area contributed by atoms with Crippen LogP contribution in [-0.2, 0) is 15.7 Å². The Balaban J connectivity index is 1.16. The number of nitrogens with zero attached hydrogens (tertiary/aromatic N) is 3. The van der Waals surface area contributed by atoms with Crippen LogP contribution in [0.2, 0.25) is 0 Å². The second-order valence-electron chi connectivity index (χ2n) is 10.2. The number of benzene rings is 1. The number of ether oxygens (including phenoxy) is 2. The van der Waals surface area contributed by atoms with Gasteiger partial charge in [0.2, 0.25) is 5.76 Å². The highest BCUT2D eigenvalue weighted by molar-refractivity contribution is 5.93. The molecule has 12 heteroatoms. The number of hydrogen-bond donors (Lipinski definition) is 1. The predicted octanol–water partition coefficient (Wildman–Crippen LogP) is 3.65. The number of alkyl carbamates (subject to hydrolysis) is 1. The third-order valence-electron chi connectivity index (χ3n) is 7.43. The SMILES string of the molecule is Cc1nc(C(=O)N2CC3CN(CCC(NC(=O)OC4CCOC4)c4ccccc4)C[C@H]3C2)c(C(F)(F)F)o1. The average Bonchev–Trinajstić information content (AvgIpc) is 3.65. The van der Waals surface area contributed by atoms with Gasteiger partial charge in [-0.1, -0.05) is 30.3 Å².